The lowest BCUT2D eigenvalue weighted by Crippen LogP contribution is -2.28. The zero-order chi connectivity index (χ0) is 17.4. The molecule has 25 heavy (non-hydrogen) atoms. The molecule has 0 atom stereocenters. The molecule has 1 saturated carbocycles. The Morgan fingerprint density at radius 2 is 1.92 bits per heavy atom. The Morgan fingerprint density at radius 1 is 1.12 bits per heavy atom. The standard InChI is InChI=1S/C21H26N2O2/c1-14-12-19-20(6-3-7-21(19)25)23(14)17-5-2-4-16(13-17)22-15-8-10-18(24)11-9-15/h2,4-5,12-13,15,18,22,24H,3,6-11H2,1H3. The molecule has 1 aromatic heterocycles. The van der Waals surface area contributed by atoms with Gasteiger partial charge in [0.2, 0.25) is 0 Å². The summed E-state index contributed by atoms with van der Waals surface area (Å²) in [5.41, 5.74) is 5.42. The van der Waals surface area contributed by atoms with Crippen molar-refractivity contribution < 1.29 is 9.90 Å². The number of nitrogens with zero attached hydrogens (tertiary/aromatic N) is 1. The number of nitrogens with one attached hydrogen (secondary N) is 1. The van der Waals surface area contributed by atoms with Crippen molar-refractivity contribution >= 4 is 11.5 Å². The summed E-state index contributed by atoms with van der Waals surface area (Å²) in [6.45, 7) is 2.08. The molecule has 2 aliphatic carbocycles. The van der Waals surface area contributed by atoms with Crippen molar-refractivity contribution in [1.82, 2.24) is 4.57 Å². The van der Waals surface area contributed by atoms with E-state index in [0.717, 1.165) is 66.9 Å². The lowest BCUT2D eigenvalue weighted by atomic mass is 9.93. The highest BCUT2D eigenvalue weighted by molar-refractivity contribution is 5.98. The quantitative estimate of drug-likeness (QED) is 0.889. The second-order valence-corrected chi connectivity index (χ2v) is 7.46. The van der Waals surface area contributed by atoms with E-state index in [0.29, 0.717) is 12.5 Å². The molecular formula is C21H26N2O2. The number of hydrogen-bond acceptors (Lipinski definition) is 3. The Balaban J connectivity index is 1.61. The first-order valence-electron chi connectivity index (χ1n) is 9.41. The number of carbonyl (C=O) groups is 1. The van der Waals surface area contributed by atoms with Gasteiger partial charge in [-0.1, -0.05) is 6.07 Å². The molecule has 2 aliphatic rings. The van der Waals surface area contributed by atoms with Gasteiger partial charge in [-0.05, 0) is 69.7 Å². The Labute approximate surface area is 148 Å². The molecule has 0 radical (unpaired) electrons. The molecule has 4 rings (SSSR count). The van der Waals surface area contributed by atoms with E-state index in [1.165, 1.54) is 0 Å². The van der Waals surface area contributed by atoms with Crippen molar-refractivity contribution in [2.24, 2.45) is 0 Å². The van der Waals surface area contributed by atoms with Crippen LogP contribution < -0.4 is 5.32 Å². The molecule has 0 amide bonds. The maximum Gasteiger partial charge on any atom is 0.164 e. The van der Waals surface area contributed by atoms with Gasteiger partial charge in [-0.25, -0.2) is 0 Å². The molecule has 1 aromatic carbocycles. The maximum absolute atomic E-state index is 12.2. The number of Topliss-reactive ketones (excluding diaryl/α,β-unsaturated/α-hetero) is 1. The van der Waals surface area contributed by atoms with E-state index in [-0.39, 0.29) is 11.9 Å². The molecule has 0 aliphatic heterocycles. The number of benzene rings is 1. The molecule has 2 aromatic rings. The van der Waals surface area contributed by atoms with Crippen LogP contribution in [0.2, 0.25) is 0 Å². The predicted octanol–water partition coefficient (Wildman–Crippen LogP) is 4.02. The zero-order valence-electron chi connectivity index (χ0n) is 14.8. The number of carbonyl (C=O) groups excluding carboxylic acids is 1. The van der Waals surface area contributed by atoms with Crippen LogP contribution in [-0.2, 0) is 6.42 Å². The van der Waals surface area contributed by atoms with Gasteiger partial charge in [0, 0.05) is 40.8 Å². The van der Waals surface area contributed by atoms with Crippen LogP contribution in [0.25, 0.3) is 5.69 Å². The molecule has 1 heterocycles. The van der Waals surface area contributed by atoms with Crippen LogP contribution in [0.4, 0.5) is 5.69 Å². The van der Waals surface area contributed by atoms with Crippen LogP contribution in [-0.4, -0.2) is 27.6 Å². The molecule has 0 unspecified atom stereocenters. The van der Waals surface area contributed by atoms with Gasteiger partial charge in [-0.15, -0.1) is 0 Å². The van der Waals surface area contributed by atoms with Crippen LogP contribution in [0.5, 0.6) is 0 Å². The third-order valence-electron chi connectivity index (χ3n) is 5.58. The van der Waals surface area contributed by atoms with Gasteiger partial charge >= 0.3 is 0 Å². The van der Waals surface area contributed by atoms with E-state index in [1.54, 1.807) is 0 Å². The van der Waals surface area contributed by atoms with E-state index in [4.69, 9.17) is 0 Å². The molecule has 0 saturated heterocycles. The third kappa shape index (κ3) is 3.23. The fraction of sp³-hybridized carbons (Fsp3) is 0.476. The fourth-order valence-corrected chi connectivity index (χ4v) is 4.28. The summed E-state index contributed by atoms with van der Waals surface area (Å²) in [5, 5.41) is 13.3. The highest BCUT2D eigenvalue weighted by Gasteiger charge is 2.23. The lowest BCUT2D eigenvalue weighted by molar-refractivity contribution is 0.0972. The van der Waals surface area contributed by atoms with Crippen molar-refractivity contribution in [2.45, 2.75) is 64.0 Å². The first-order valence-corrected chi connectivity index (χ1v) is 9.41. The number of hydrogen-bond donors (Lipinski definition) is 2. The molecule has 4 nitrogen and oxygen atoms in total. The lowest BCUT2D eigenvalue weighted by Gasteiger charge is -2.27. The first kappa shape index (κ1) is 16.4. The number of aliphatic hydroxyl groups excluding tert-OH is 1. The minimum Gasteiger partial charge on any atom is -0.393 e. The molecule has 0 spiro atoms. The second-order valence-electron chi connectivity index (χ2n) is 7.46. The van der Waals surface area contributed by atoms with E-state index in [1.807, 2.05) is 6.07 Å². The summed E-state index contributed by atoms with van der Waals surface area (Å²) in [6.07, 6.45) is 6.23. The van der Waals surface area contributed by atoms with Gasteiger partial charge in [0.05, 0.1) is 6.10 Å². The summed E-state index contributed by atoms with van der Waals surface area (Å²) in [6, 6.07) is 10.9. The minimum absolute atomic E-state index is 0.129. The number of aliphatic hydroxyl groups is 1. The van der Waals surface area contributed by atoms with Gasteiger partial charge in [-0.2, -0.15) is 0 Å². The minimum atomic E-state index is -0.129. The van der Waals surface area contributed by atoms with Gasteiger partial charge in [-0.3, -0.25) is 4.79 Å². The van der Waals surface area contributed by atoms with Gasteiger partial charge in [0.25, 0.3) is 0 Å². The average molecular weight is 338 g/mol. The normalized spacial score (nSPS) is 23.4. The van der Waals surface area contributed by atoms with E-state index < -0.39 is 0 Å². The number of rotatable bonds is 3. The van der Waals surface area contributed by atoms with Crippen molar-refractivity contribution in [2.75, 3.05) is 5.32 Å². The molecular weight excluding hydrogens is 312 g/mol. The van der Waals surface area contributed by atoms with Crippen LogP contribution in [0.1, 0.15) is 60.3 Å². The number of aryl methyl sites for hydroxylation is 1. The highest BCUT2D eigenvalue weighted by atomic mass is 16.3. The van der Waals surface area contributed by atoms with Gasteiger partial charge in [0.15, 0.2) is 5.78 Å². The summed E-state index contributed by atoms with van der Waals surface area (Å²) >= 11 is 0. The maximum atomic E-state index is 12.2. The number of ketones is 1. The smallest absolute Gasteiger partial charge is 0.164 e. The van der Waals surface area contributed by atoms with Crippen molar-refractivity contribution in [1.29, 1.82) is 0 Å². The molecule has 0 bridgehead atoms. The van der Waals surface area contributed by atoms with Crippen LogP contribution in [0.15, 0.2) is 30.3 Å². The summed E-state index contributed by atoms with van der Waals surface area (Å²) in [4.78, 5) is 12.2. The van der Waals surface area contributed by atoms with Crippen LogP contribution >= 0.6 is 0 Å². The van der Waals surface area contributed by atoms with Crippen molar-refractivity contribution in [3.8, 4) is 5.69 Å². The number of anilines is 1. The summed E-state index contributed by atoms with van der Waals surface area (Å²) in [7, 11) is 0. The summed E-state index contributed by atoms with van der Waals surface area (Å²) < 4.78 is 2.24. The Bertz CT molecular complexity index is 785. The second kappa shape index (κ2) is 6.68. The Morgan fingerprint density at radius 3 is 2.72 bits per heavy atom. The number of fused-ring (bicyclic) bond motifs is 1. The van der Waals surface area contributed by atoms with E-state index in [2.05, 4.69) is 41.1 Å². The average Bonchev–Trinajstić information content (AvgIpc) is 2.95. The van der Waals surface area contributed by atoms with Crippen LogP contribution in [0, 0.1) is 6.92 Å². The van der Waals surface area contributed by atoms with Gasteiger partial charge < -0.3 is 15.0 Å². The molecule has 1 fully saturated rings. The van der Waals surface area contributed by atoms with Crippen LogP contribution in [0.3, 0.4) is 0 Å². The Kier molecular flexibility index (Phi) is 4.38. The first-order chi connectivity index (χ1) is 12.1. The topological polar surface area (TPSA) is 54.3 Å². The van der Waals surface area contributed by atoms with Crippen molar-refractivity contribution in [3.63, 3.8) is 0 Å². The summed E-state index contributed by atoms with van der Waals surface area (Å²) in [5.74, 6) is 0.276. The van der Waals surface area contributed by atoms with E-state index >= 15 is 0 Å². The molecule has 4 heteroatoms. The predicted molar refractivity (Wildman–Crippen MR) is 99.7 cm³/mol. The largest absolute Gasteiger partial charge is 0.393 e. The number of aromatic nitrogens is 1. The van der Waals surface area contributed by atoms with Gasteiger partial charge in [0.1, 0.15) is 0 Å². The molecule has 2 N–H and O–H groups in total. The third-order valence-corrected chi connectivity index (χ3v) is 5.58. The highest BCUT2D eigenvalue weighted by Crippen LogP contribution is 2.29. The Hall–Kier alpha value is -2.07. The zero-order valence-corrected chi connectivity index (χ0v) is 14.8. The van der Waals surface area contributed by atoms with Crippen molar-refractivity contribution in [3.05, 3.63) is 47.3 Å². The SMILES string of the molecule is Cc1cc2c(n1-c1cccc(NC3CCC(O)CC3)c1)CCCC2=O. The molecule has 132 valence electrons. The fourth-order valence-electron chi connectivity index (χ4n) is 4.28. The monoisotopic (exact) mass is 338 g/mol. The van der Waals surface area contributed by atoms with E-state index in [9.17, 15) is 9.90 Å².